The minimum absolute atomic E-state index is 0.127. The molecule has 0 aromatic rings. The first kappa shape index (κ1) is 17.0. The molecule has 18 heavy (non-hydrogen) atoms. The maximum atomic E-state index is 11.7. The number of urea groups is 1. The van der Waals surface area contributed by atoms with Gasteiger partial charge in [0, 0.05) is 40.3 Å². The van der Waals surface area contributed by atoms with Crippen LogP contribution in [0.2, 0.25) is 0 Å². The van der Waals surface area contributed by atoms with Crippen LogP contribution in [0.25, 0.3) is 0 Å². The average molecular weight is 255 g/mol. The number of likely N-dealkylation sites (N-methyl/N-ethyl adjacent to an activating group) is 1. The number of hydrogen-bond acceptors (Lipinski definition) is 2. The summed E-state index contributed by atoms with van der Waals surface area (Å²) in [5, 5.41) is 0. The molecule has 0 aromatic carbocycles. The minimum Gasteiger partial charge on any atom is -0.331 e. The Kier molecular flexibility index (Phi) is 7.67. The Morgan fingerprint density at radius 2 is 1.33 bits per heavy atom. The molecule has 106 valence electrons. The number of rotatable bonds is 0. The Balaban J connectivity index is 0.000000659. The predicted octanol–water partition coefficient (Wildman–Crippen LogP) is 2.28. The second-order valence-corrected chi connectivity index (χ2v) is 4.41. The van der Waals surface area contributed by atoms with E-state index in [1.54, 1.807) is 19.0 Å². The van der Waals surface area contributed by atoms with Crippen molar-refractivity contribution < 1.29 is 4.79 Å². The van der Waals surface area contributed by atoms with Gasteiger partial charge in [0.2, 0.25) is 0 Å². The van der Waals surface area contributed by atoms with Crippen molar-refractivity contribution in [1.82, 2.24) is 14.7 Å². The van der Waals surface area contributed by atoms with Gasteiger partial charge in [-0.2, -0.15) is 0 Å². The summed E-state index contributed by atoms with van der Waals surface area (Å²) in [4.78, 5) is 17.5. The number of nitrogens with zero attached hydrogens (tertiary/aromatic N) is 3. The molecule has 0 aliphatic carbocycles. The largest absolute Gasteiger partial charge is 0.331 e. The number of carbonyl (C=O) groups is 1. The monoisotopic (exact) mass is 255 g/mol. The Bertz CT molecular complexity index is 279. The van der Waals surface area contributed by atoms with Gasteiger partial charge in [-0.15, -0.1) is 0 Å². The minimum atomic E-state index is 0.127. The van der Waals surface area contributed by atoms with Crippen LogP contribution in [0.15, 0.2) is 11.1 Å². The van der Waals surface area contributed by atoms with Crippen molar-refractivity contribution in [3.63, 3.8) is 0 Å². The molecule has 2 aliphatic heterocycles. The van der Waals surface area contributed by atoms with Gasteiger partial charge >= 0.3 is 6.03 Å². The molecule has 0 fully saturated rings. The maximum absolute atomic E-state index is 11.7. The summed E-state index contributed by atoms with van der Waals surface area (Å²) in [5.74, 6) is 0. The van der Waals surface area contributed by atoms with Gasteiger partial charge in [0.05, 0.1) is 0 Å². The lowest BCUT2D eigenvalue weighted by Crippen LogP contribution is -2.39. The van der Waals surface area contributed by atoms with Crippen molar-refractivity contribution in [2.45, 2.75) is 27.7 Å². The van der Waals surface area contributed by atoms with Crippen molar-refractivity contribution >= 4 is 6.03 Å². The fraction of sp³-hybridized carbons (Fsp3) is 0.786. The van der Waals surface area contributed by atoms with Crippen LogP contribution >= 0.6 is 0 Å². The highest BCUT2D eigenvalue weighted by molar-refractivity contribution is 5.75. The third-order valence-electron chi connectivity index (χ3n) is 2.84. The molecule has 0 atom stereocenters. The van der Waals surface area contributed by atoms with Gasteiger partial charge in [0.1, 0.15) is 0 Å². The van der Waals surface area contributed by atoms with Gasteiger partial charge in [-0.05, 0) is 18.2 Å². The highest BCUT2D eigenvalue weighted by atomic mass is 16.2. The van der Waals surface area contributed by atoms with E-state index < -0.39 is 0 Å². The average Bonchev–Trinajstić information content (AvgIpc) is 2.90. The van der Waals surface area contributed by atoms with E-state index in [0.717, 1.165) is 26.2 Å². The molecule has 0 unspecified atom stereocenters. The molecule has 2 amide bonds. The summed E-state index contributed by atoms with van der Waals surface area (Å²) in [6, 6.07) is 0.127. The van der Waals surface area contributed by atoms with Crippen molar-refractivity contribution in [1.29, 1.82) is 0 Å². The van der Waals surface area contributed by atoms with Crippen LogP contribution in [0.4, 0.5) is 4.79 Å². The van der Waals surface area contributed by atoms with Crippen molar-refractivity contribution in [3.8, 4) is 0 Å². The number of carbonyl (C=O) groups excluding carboxylic acids is 1. The molecule has 0 radical (unpaired) electrons. The lowest BCUT2D eigenvalue weighted by molar-refractivity contribution is 0.180. The third-order valence-corrected chi connectivity index (χ3v) is 2.84. The predicted molar refractivity (Wildman–Crippen MR) is 77.9 cm³/mol. The van der Waals surface area contributed by atoms with Crippen LogP contribution in [-0.2, 0) is 0 Å². The summed E-state index contributed by atoms with van der Waals surface area (Å²) in [7, 11) is 5.73. The molecule has 0 saturated heterocycles. The van der Waals surface area contributed by atoms with E-state index >= 15 is 0 Å². The SMILES string of the molecule is CC.CC.CN1CC2=C(C1)CN(C(=O)N(C)C)C2. The van der Waals surface area contributed by atoms with Crippen LogP contribution < -0.4 is 0 Å². The summed E-state index contributed by atoms with van der Waals surface area (Å²) < 4.78 is 0. The quantitative estimate of drug-likeness (QED) is 0.621. The van der Waals surface area contributed by atoms with E-state index in [9.17, 15) is 4.79 Å². The molecule has 2 heterocycles. The first-order chi connectivity index (χ1) is 8.58. The highest BCUT2D eigenvalue weighted by Gasteiger charge is 2.30. The van der Waals surface area contributed by atoms with Gasteiger partial charge in [-0.1, -0.05) is 27.7 Å². The second-order valence-electron chi connectivity index (χ2n) is 4.41. The smallest absolute Gasteiger partial charge is 0.320 e. The molecule has 0 N–H and O–H groups in total. The Morgan fingerprint density at radius 1 is 0.944 bits per heavy atom. The normalized spacial score (nSPS) is 17.6. The summed E-state index contributed by atoms with van der Waals surface area (Å²) in [6.07, 6.45) is 0. The Hall–Kier alpha value is -1.03. The topological polar surface area (TPSA) is 26.8 Å². The van der Waals surface area contributed by atoms with Gasteiger partial charge in [-0.3, -0.25) is 4.90 Å². The standard InChI is InChI=1S/C10H17N3O.2C2H6/c1-11(2)10(14)13-6-8-4-12(3)5-9(8)7-13;2*1-2/h4-7H2,1-3H3;2*1-2H3. The summed E-state index contributed by atoms with van der Waals surface area (Å²) in [5.41, 5.74) is 2.89. The Morgan fingerprint density at radius 3 is 1.67 bits per heavy atom. The molecule has 2 aliphatic rings. The van der Waals surface area contributed by atoms with Crippen LogP contribution in [-0.4, -0.2) is 68.1 Å². The first-order valence-electron chi connectivity index (χ1n) is 6.92. The second kappa shape index (κ2) is 8.14. The highest BCUT2D eigenvalue weighted by Crippen LogP contribution is 2.24. The zero-order valence-corrected chi connectivity index (χ0v) is 13.1. The maximum Gasteiger partial charge on any atom is 0.320 e. The van der Waals surface area contributed by atoms with E-state index in [4.69, 9.17) is 0 Å². The molecule has 0 saturated carbocycles. The third kappa shape index (κ3) is 4.02. The van der Waals surface area contributed by atoms with E-state index in [-0.39, 0.29) is 6.03 Å². The van der Waals surface area contributed by atoms with Gasteiger partial charge in [-0.25, -0.2) is 4.79 Å². The fourth-order valence-electron chi connectivity index (χ4n) is 2.19. The van der Waals surface area contributed by atoms with Crippen molar-refractivity contribution in [3.05, 3.63) is 11.1 Å². The lowest BCUT2D eigenvalue weighted by atomic mass is 10.2. The van der Waals surface area contributed by atoms with Gasteiger partial charge < -0.3 is 9.80 Å². The Labute approximate surface area is 112 Å². The van der Waals surface area contributed by atoms with Gasteiger partial charge in [0.15, 0.2) is 0 Å². The number of amides is 2. The molecule has 4 heteroatoms. The lowest BCUT2D eigenvalue weighted by Gasteiger charge is -2.23. The molecule has 0 bridgehead atoms. The van der Waals surface area contributed by atoms with Gasteiger partial charge in [0.25, 0.3) is 0 Å². The van der Waals surface area contributed by atoms with Crippen LogP contribution in [0, 0.1) is 0 Å². The summed E-state index contributed by atoms with van der Waals surface area (Å²) >= 11 is 0. The molecule has 2 rings (SSSR count). The van der Waals surface area contributed by atoms with Crippen LogP contribution in [0.3, 0.4) is 0 Å². The zero-order chi connectivity index (χ0) is 14.3. The molecule has 0 spiro atoms. The molecular weight excluding hydrogens is 226 g/mol. The molecule has 0 aromatic heterocycles. The fourth-order valence-corrected chi connectivity index (χ4v) is 2.19. The zero-order valence-electron chi connectivity index (χ0n) is 13.1. The molecular formula is C14H29N3O. The van der Waals surface area contributed by atoms with Crippen molar-refractivity contribution in [2.75, 3.05) is 47.3 Å². The summed E-state index contributed by atoms with van der Waals surface area (Å²) in [6.45, 7) is 11.7. The van der Waals surface area contributed by atoms with Crippen LogP contribution in [0.1, 0.15) is 27.7 Å². The number of hydrogen-bond donors (Lipinski definition) is 0. The van der Waals surface area contributed by atoms with E-state index in [1.807, 2.05) is 32.6 Å². The first-order valence-corrected chi connectivity index (χ1v) is 6.92. The molecule has 4 nitrogen and oxygen atoms in total. The van der Waals surface area contributed by atoms with E-state index in [1.165, 1.54) is 11.1 Å². The van der Waals surface area contributed by atoms with Crippen LogP contribution in [0.5, 0.6) is 0 Å². The van der Waals surface area contributed by atoms with E-state index in [2.05, 4.69) is 11.9 Å². The van der Waals surface area contributed by atoms with Crippen molar-refractivity contribution in [2.24, 2.45) is 0 Å². The van der Waals surface area contributed by atoms with E-state index in [0.29, 0.717) is 0 Å².